The van der Waals surface area contributed by atoms with Gasteiger partial charge in [0.2, 0.25) is 11.8 Å². The van der Waals surface area contributed by atoms with Crippen LogP contribution in [0.15, 0.2) is 30.8 Å². The van der Waals surface area contributed by atoms with Crippen molar-refractivity contribution < 1.29 is 24.2 Å². The Balaban J connectivity index is 3.47. The van der Waals surface area contributed by atoms with Crippen molar-refractivity contribution in [2.45, 2.75) is 71.2 Å². The molecule has 0 bridgehead atoms. The van der Waals surface area contributed by atoms with Crippen molar-refractivity contribution in [3.05, 3.63) is 42.0 Å². The van der Waals surface area contributed by atoms with Gasteiger partial charge in [-0.2, -0.15) is 11.8 Å². The van der Waals surface area contributed by atoms with Crippen LogP contribution in [0.1, 0.15) is 65.1 Å². The highest BCUT2D eigenvalue weighted by atomic mass is 32.2. The Labute approximate surface area is 213 Å². The molecule has 35 heavy (non-hydrogen) atoms. The maximum Gasteiger partial charge on any atom is 0.408 e. The van der Waals surface area contributed by atoms with E-state index in [1.165, 1.54) is 16.7 Å². The van der Waals surface area contributed by atoms with Gasteiger partial charge in [0.25, 0.3) is 0 Å². The fraction of sp³-hybridized carbons (Fsp3) is 0.577. The average Bonchev–Trinajstić information content (AvgIpc) is 2.73. The van der Waals surface area contributed by atoms with E-state index in [0.29, 0.717) is 17.7 Å². The zero-order chi connectivity index (χ0) is 26.8. The number of carbonyl (C=O) groups excluding carboxylic acids is 3. The maximum atomic E-state index is 13.8. The predicted molar refractivity (Wildman–Crippen MR) is 142 cm³/mol. The normalized spacial score (nSPS) is 13.4. The first-order valence-electron chi connectivity index (χ1n) is 11.7. The molecule has 0 aliphatic carbocycles. The maximum absolute atomic E-state index is 13.8. The third-order valence-corrected chi connectivity index (χ3v) is 5.39. The van der Waals surface area contributed by atoms with Gasteiger partial charge < -0.3 is 25.4 Å². The zero-order valence-corrected chi connectivity index (χ0v) is 22.8. The van der Waals surface area contributed by atoms with Crippen LogP contribution in [-0.4, -0.2) is 70.3 Å². The van der Waals surface area contributed by atoms with Gasteiger partial charge in [-0.1, -0.05) is 30.9 Å². The smallest absolute Gasteiger partial charge is 0.408 e. The summed E-state index contributed by atoms with van der Waals surface area (Å²) in [7, 11) is 0. The van der Waals surface area contributed by atoms with E-state index in [1.54, 1.807) is 45.0 Å². The molecule has 0 spiro atoms. The van der Waals surface area contributed by atoms with Crippen molar-refractivity contribution in [1.29, 1.82) is 0 Å². The van der Waals surface area contributed by atoms with E-state index in [2.05, 4.69) is 17.2 Å². The largest absolute Gasteiger partial charge is 0.444 e. The van der Waals surface area contributed by atoms with E-state index in [1.807, 2.05) is 33.1 Å². The predicted octanol–water partition coefficient (Wildman–Crippen LogP) is 3.75. The van der Waals surface area contributed by atoms with Crippen LogP contribution in [0.5, 0.6) is 0 Å². The van der Waals surface area contributed by atoms with Crippen molar-refractivity contribution in [3.8, 4) is 0 Å². The third kappa shape index (κ3) is 10.7. The van der Waals surface area contributed by atoms with Crippen LogP contribution in [0, 0.1) is 0 Å². The van der Waals surface area contributed by atoms with Crippen LogP contribution < -0.4 is 10.6 Å². The molecule has 0 aromatic heterocycles. The molecule has 0 heterocycles. The summed E-state index contributed by atoms with van der Waals surface area (Å²) in [4.78, 5) is 41.1. The van der Waals surface area contributed by atoms with Gasteiger partial charge >= 0.3 is 6.09 Å². The monoisotopic (exact) mass is 507 g/mol. The molecule has 0 radical (unpaired) electrons. The Morgan fingerprint density at radius 3 is 2.37 bits per heavy atom. The second kappa shape index (κ2) is 13.5. The van der Waals surface area contributed by atoms with Crippen LogP contribution in [0.2, 0.25) is 0 Å². The molecule has 0 saturated heterocycles. The lowest BCUT2D eigenvalue weighted by Gasteiger charge is -2.35. The number of hydrogen-bond donors (Lipinski definition) is 3. The number of ether oxygens (including phenoxy) is 1. The molecule has 9 heteroatoms. The van der Waals surface area contributed by atoms with Gasteiger partial charge in [0.05, 0.1) is 6.61 Å². The molecule has 3 amide bonds. The number of rotatable bonds is 11. The quantitative estimate of drug-likeness (QED) is 0.421. The summed E-state index contributed by atoms with van der Waals surface area (Å²) in [6, 6.07) is 5.22. The number of aliphatic hydroxyl groups is 1. The van der Waals surface area contributed by atoms with Crippen molar-refractivity contribution in [3.63, 3.8) is 0 Å². The number of amides is 3. The molecular formula is C26H41N3O5S. The van der Waals surface area contributed by atoms with Crippen molar-refractivity contribution in [2.24, 2.45) is 0 Å². The van der Waals surface area contributed by atoms with Gasteiger partial charge in [0.15, 0.2) is 0 Å². The Kier molecular flexibility index (Phi) is 11.8. The lowest BCUT2D eigenvalue weighted by atomic mass is 9.98. The van der Waals surface area contributed by atoms with Gasteiger partial charge in [0, 0.05) is 12.1 Å². The van der Waals surface area contributed by atoms with Crippen LogP contribution in [0.3, 0.4) is 0 Å². The summed E-state index contributed by atoms with van der Waals surface area (Å²) >= 11 is 1.53. The summed E-state index contributed by atoms with van der Waals surface area (Å²) in [6.45, 7) is 14.1. The van der Waals surface area contributed by atoms with Gasteiger partial charge in [-0.25, -0.2) is 4.79 Å². The minimum atomic E-state index is -1.02. The third-order valence-electron chi connectivity index (χ3n) is 4.74. The number of nitrogens with zero attached hydrogens (tertiary/aromatic N) is 1. The summed E-state index contributed by atoms with van der Waals surface area (Å²) in [5, 5.41) is 15.4. The summed E-state index contributed by atoms with van der Waals surface area (Å²) in [5.41, 5.74) is 0.0827. The number of aliphatic hydroxyl groups excluding tert-OH is 1. The Morgan fingerprint density at radius 1 is 1.20 bits per heavy atom. The molecule has 2 atom stereocenters. The number of hydrogen-bond acceptors (Lipinski definition) is 6. The molecular weight excluding hydrogens is 466 g/mol. The molecule has 1 aromatic rings. The molecule has 0 fully saturated rings. The Hall–Kier alpha value is -2.52. The van der Waals surface area contributed by atoms with Crippen LogP contribution >= 0.6 is 11.8 Å². The molecule has 196 valence electrons. The van der Waals surface area contributed by atoms with Crippen LogP contribution in [0.4, 0.5) is 4.79 Å². The number of carbonyl (C=O) groups is 3. The first kappa shape index (κ1) is 30.5. The SMILES string of the molecule is C=Cc1cccc(C(C(=O)NC(C)(C)C)N(CCO)C(=O)C(CCSC)NC(=O)OC(C)(C)C)c1. The second-order valence-corrected chi connectivity index (χ2v) is 11.2. The van der Waals surface area contributed by atoms with E-state index >= 15 is 0 Å². The second-order valence-electron chi connectivity index (χ2n) is 10.3. The summed E-state index contributed by atoms with van der Waals surface area (Å²) in [5.74, 6) is -0.261. The average molecular weight is 508 g/mol. The zero-order valence-electron chi connectivity index (χ0n) is 22.0. The van der Waals surface area contributed by atoms with Gasteiger partial charge in [-0.3, -0.25) is 9.59 Å². The lowest BCUT2D eigenvalue weighted by molar-refractivity contribution is -0.143. The Morgan fingerprint density at radius 2 is 1.86 bits per heavy atom. The van der Waals surface area contributed by atoms with Gasteiger partial charge in [-0.15, -0.1) is 0 Å². The lowest BCUT2D eigenvalue weighted by Crippen LogP contribution is -2.55. The minimum absolute atomic E-state index is 0.0921. The molecule has 0 aliphatic heterocycles. The summed E-state index contributed by atoms with van der Waals surface area (Å²) < 4.78 is 5.36. The highest BCUT2D eigenvalue weighted by Crippen LogP contribution is 2.25. The van der Waals surface area contributed by atoms with E-state index in [9.17, 15) is 19.5 Å². The number of alkyl carbamates (subject to hydrolysis) is 1. The minimum Gasteiger partial charge on any atom is -0.444 e. The van der Waals surface area contributed by atoms with Crippen molar-refractivity contribution in [1.82, 2.24) is 15.5 Å². The van der Waals surface area contributed by atoms with Crippen LogP contribution in [-0.2, 0) is 14.3 Å². The van der Waals surface area contributed by atoms with Crippen LogP contribution in [0.25, 0.3) is 6.08 Å². The topological polar surface area (TPSA) is 108 Å². The molecule has 0 saturated carbocycles. The molecule has 3 N–H and O–H groups in total. The first-order chi connectivity index (χ1) is 16.2. The van der Waals surface area contributed by atoms with E-state index in [0.717, 1.165) is 5.56 Å². The molecule has 1 rings (SSSR count). The van der Waals surface area contributed by atoms with Crippen molar-refractivity contribution in [2.75, 3.05) is 25.2 Å². The molecule has 2 unspecified atom stereocenters. The number of thioether (sulfide) groups is 1. The fourth-order valence-electron chi connectivity index (χ4n) is 3.38. The van der Waals surface area contributed by atoms with Gasteiger partial charge in [0.1, 0.15) is 17.7 Å². The van der Waals surface area contributed by atoms with E-state index in [4.69, 9.17) is 4.74 Å². The highest BCUT2D eigenvalue weighted by Gasteiger charge is 2.37. The Bertz CT molecular complexity index is 876. The molecule has 1 aromatic carbocycles. The number of benzene rings is 1. The fourth-order valence-corrected chi connectivity index (χ4v) is 3.86. The number of nitrogens with one attached hydrogen (secondary N) is 2. The highest BCUT2D eigenvalue weighted by molar-refractivity contribution is 7.98. The summed E-state index contributed by atoms with van der Waals surface area (Å²) in [6.07, 6.45) is 3.18. The standard InChI is InChI=1S/C26H41N3O5S/c1-9-18-11-10-12-19(17-18)21(22(31)28-25(2,3)4)29(14-15-30)23(32)20(13-16-35-8)27-24(33)34-26(5,6)7/h9-12,17,20-21,30H,1,13-16H2,2-8H3,(H,27,33)(H,28,31). The van der Waals surface area contributed by atoms with Gasteiger partial charge in [-0.05, 0) is 77.2 Å². The first-order valence-corrected chi connectivity index (χ1v) is 13.1. The molecule has 0 aliphatic rings. The van der Waals surface area contributed by atoms with E-state index < -0.39 is 35.2 Å². The van der Waals surface area contributed by atoms with Crippen molar-refractivity contribution >= 4 is 35.7 Å². The molecule has 8 nitrogen and oxygen atoms in total. The van der Waals surface area contributed by atoms with E-state index in [-0.39, 0.29) is 19.1 Å².